The highest BCUT2D eigenvalue weighted by atomic mass is 79.9. The van der Waals surface area contributed by atoms with Crippen molar-refractivity contribution in [3.8, 4) is 0 Å². The highest BCUT2D eigenvalue weighted by molar-refractivity contribution is 9.10. The number of benzene rings is 1. The van der Waals surface area contributed by atoms with Crippen LogP contribution in [0.4, 0.5) is 15.8 Å². The van der Waals surface area contributed by atoms with Gasteiger partial charge in [-0.15, -0.1) is 0 Å². The Hall–Kier alpha value is -1.62. The Kier molecular flexibility index (Phi) is 4.39. The van der Waals surface area contributed by atoms with Gasteiger partial charge in [-0.2, -0.15) is 0 Å². The Bertz CT molecular complexity index is 612. The van der Waals surface area contributed by atoms with Gasteiger partial charge in [0, 0.05) is 29.8 Å². The monoisotopic (exact) mass is 349 g/mol. The predicted octanol–water partition coefficient (Wildman–Crippen LogP) is 4.06. The summed E-state index contributed by atoms with van der Waals surface area (Å²) in [5.41, 5.74) is 1.73. The number of para-hydroxylation sites is 1. The second kappa shape index (κ2) is 6.43. The van der Waals surface area contributed by atoms with Crippen LogP contribution in [0, 0.1) is 5.82 Å². The quantitative estimate of drug-likeness (QED) is 0.905. The van der Waals surface area contributed by atoms with Crippen molar-refractivity contribution >= 4 is 27.3 Å². The number of rotatable bonds is 3. The summed E-state index contributed by atoms with van der Waals surface area (Å²) in [5.74, 6) is -0.184. The Morgan fingerprint density at radius 1 is 1.19 bits per heavy atom. The van der Waals surface area contributed by atoms with Crippen LogP contribution in [0.25, 0.3) is 0 Å². The fourth-order valence-electron chi connectivity index (χ4n) is 2.65. The summed E-state index contributed by atoms with van der Waals surface area (Å²) in [4.78, 5) is 6.52. The number of pyridine rings is 1. The van der Waals surface area contributed by atoms with Gasteiger partial charge in [0.25, 0.3) is 0 Å². The van der Waals surface area contributed by atoms with Crippen molar-refractivity contribution in [1.29, 1.82) is 0 Å². The average Bonchev–Trinajstić information content (AvgIpc) is 2.50. The van der Waals surface area contributed by atoms with Crippen LogP contribution in [-0.2, 0) is 0 Å². The van der Waals surface area contributed by atoms with E-state index in [2.05, 4.69) is 37.2 Å². The van der Waals surface area contributed by atoms with Crippen molar-refractivity contribution in [2.75, 3.05) is 23.3 Å². The third-order valence-electron chi connectivity index (χ3n) is 3.78. The van der Waals surface area contributed by atoms with Crippen LogP contribution in [0.1, 0.15) is 12.8 Å². The number of hydrogen-bond donors (Lipinski definition) is 1. The van der Waals surface area contributed by atoms with E-state index in [-0.39, 0.29) is 5.82 Å². The molecule has 0 spiro atoms. The molecule has 1 aromatic heterocycles. The van der Waals surface area contributed by atoms with Gasteiger partial charge in [-0.25, -0.2) is 4.39 Å². The standard InChI is InChI=1S/C16H17BrFN3/c17-12-9-14(11-19-10-12)21-7-5-13(6-8-21)20-16-4-2-1-3-15(16)18/h1-4,9-11,13,20H,5-8H2. The van der Waals surface area contributed by atoms with E-state index < -0.39 is 0 Å². The van der Waals surface area contributed by atoms with Gasteiger partial charge >= 0.3 is 0 Å². The molecule has 3 rings (SSSR count). The van der Waals surface area contributed by atoms with Crippen LogP contribution in [-0.4, -0.2) is 24.1 Å². The zero-order chi connectivity index (χ0) is 14.7. The molecule has 21 heavy (non-hydrogen) atoms. The molecule has 0 unspecified atom stereocenters. The van der Waals surface area contributed by atoms with Crippen LogP contribution in [0.3, 0.4) is 0 Å². The Morgan fingerprint density at radius 3 is 2.67 bits per heavy atom. The largest absolute Gasteiger partial charge is 0.380 e. The molecular formula is C16H17BrFN3. The zero-order valence-electron chi connectivity index (χ0n) is 11.6. The van der Waals surface area contributed by atoms with E-state index in [1.54, 1.807) is 18.3 Å². The lowest BCUT2D eigenvalue weighted by atomic mass is 10.0. The van der Waals surface area contributed by atoms with Gasteiger partial charge in [-0.1, -0.05) is 12.1 Å². The summed E-state index contributed by atoms with van der Waals surface area (Å²) in [6.45, 7) is 1.90. The topological polar surface area (TPSA) is 28.2 Å². The summed E-state index contributed by atoms with van der Waals surface area (Å²) in [5, 5.41) is 3.31. The predicted molar refractivity (Wildman–Crippen MR) is 87.2 cm³/mol. The van der Waals surface area contributed by atoms with Crippen LogP contribution in [0.15, 0.2) is 47.2 Å². The van der Waals surface area contributed by atoms with E-state index in [0.717, 1.165) is 36.1 Å². The molecular weight excluding hydrogens is 333 g/mol. The molecule has 1 aliphatic rings. The van der Waals surface area contributed by atoms with Crippen LogP contribution < -0.4 is 10.2 Å². The maximum atomic E-state index is 13.6. The van der Waals surface area contributed by atoms with Crippen molar-refractivity contribution in [2.24, 2.45) is 0 Å². The van der Waals surface area contributed by atoms with Crippen LogP contribution in [0.5, 0.6) is 0 Å². The Labute approximate surface area is 132 Å². The zero-order valence-corrected chi connectivity index (χ0v) is 13.2. The van der Waals surface area contributed by atoms with Crippen molar-refractivity contribution in [3.63, 3.8) is 0 Å². The maximum absolute atomic E-state index is 13.6. The molecule has 1 saturated heterocycles. The third kappa shape index (κ3) is 3.53. The minimum Gasteiger partial charge on any atom is -0.380 e. The fourth-order valence-corrected chi connectivity index (χ4v) is 3.01. The SMILES string of the molecule is Fc1ccccc1NC1CCN(c2cncc(Br)c2)CC1. The molecule has 5 heteroatoms. The van der Waals surface area contributed by atoms with Gasteiger partial charge in [-0.3, -0.25) is 4.98 Å². The van der Waals surface area contributed by atoms with E-state index in [1.165, 1.54) is 6.07 Å². The first-order valence-electron chi connectivity index (χ1n) is 7.09. The highest BCUT2D eigenvalue weighted by Crippen LogP contribution is 2.24. The van der Waals surface area contributed by atoms with Crippen molar-refractivity contribution in [2.45, 2.75) is 18.9 Å². The highest BCUT2D eigenvalue weighted by Gasteiger charge is 2.20. The molecule has 1 aliphatic heterocycles. The van der Waals surface area contributed by atoms with Gasteiger partial charge in [0.1, 0.15) is 5.82 Å². The number of nitrogens with zero attached hydrogens (tertiary/aromatic N) is 2. The van der Waals surface area contributed by atoms with Gasteiger partial charge < -0.3 is 10.2 Å². The fraction of sp³-hybridized carbons (Fsp3) is 0.312. The summed E-state index contributed by atoms with van der Waals surface area (Å²) in [6, 6.07) is 9.25. The van der Waals surface area contributed by atoms with Crippen molar-refractivity contribution in [3.05, 3.63) is 53.0 Å². The lowest BCUT2D eigenvalue weighted by molar-refractivity contribution is 0.522. The van der Waals surface area contributed by atoms with Crippen molar-refractivity contribution < 1.29 is 4.39 Å². The van der Waals surface area contributed by atoms with E-state index in [9.17, 15) is 4.39 Å². The first kappa shape index (κ1) is 14.3. The average molecular weight is 350 g/mol. The number of anilines is 2. The first-order chi connectivity index (χ1) is 10.2. The minimum atomic E-state index is -0.184. The Morgan fingerprint density at radius 2 is 1.95 bits per heavy atom. The number of hydrogen-bond acceptors (Lipinski definition) is 3. The minimum absolute atomic E-state index is 0.184. The molecule has 0 aliphatic carbocycles. The summed E-state index contributed by atoms with van der Waals surface area (Å²) < 4.78 is 14.6. The first-order valence-corrected chi connectivity index (χ1v) is 7.88. The molecule has 3 nitrogen and oxygen atoms in total. The number of nitrogens with one attached hydrogen (secondary N) is 1. The van der Waals surface area contributed by atoms with Gasteiger partial charge in [0.15, 0.2) is 0 Å². The van der Waals surface area contributed by atoms with Crippen LogP contribution in [0.2, 0.25) is 0 Å². The number of halogens is 2. The van der Waals surface area contributed by atoms with Gasteiger partial charge in [-0.05, 0) is 47.0 Å². The molecule has 0 bridgehead atoms. The number of piperidine rings is 1. The lowest BCUT2D eigenvalue weighted by Gasteiger charge is -2.34. The maximum Gasteiger partial charge on any atom is 0.146 e. The molecule has 0 amide bonds. The van der Waals surface area contributed by atoms with Crippen molar-refractivity contribution in [1.82, 2.24) is 4.98 Å². The molecule has 0 atom stereocenters. The van der Waals surface area contributed by atoms with Gasteiger partial charge in [0.05, 0.1) is 17.6 Å². The van der Waals surface area contributed by atoms with E-state index in [4.69, 9.17) is 0 Å². The van der Waals surface area contributed by atoms with E-state index >= 15 is 0 Å². The molecule has 0 saturated carbocycles. The summed E-state index contributed by atoms with van der Waals surface area (Å²) in [7, 11) is 0. The molecule has 1 aromatic carbocycles. The second-order valence-corrected chi connectivity index (χ2v) is 6.16. The normalized spacial score (nSPS) is 16.0. The molecule has 0 radical (unpaired) electrons. The van der Waals surface area contributed by atoms with Gasteiger partial charge in [0.2, 0.25) is 0 Å². The molecule has 1 N–H and O–H groups in total. The van der Waals surface area contributed by atoms with E-state index in [1.807, 2.05) is 12.3 Å². The summed E-state index contributed by atoms with van der Waals surface area (Å²) in [6.07, 6.45) is 5.65. The molecule has 1 fully saturated rings. The molecule has 2 aromatic rings. The second-order valence-electron chi connectivity index (χ2n) is 5.25. The smallest absolute Gasteiger partial charge is 0.146 e. The third-order valence-corrected chi connectivity index (χ3v) is 4.22. The lowest BCUT2D eigenvalue weighted by Crippen LogP contribution is -2.39. The Balaban J connectivity index is 1.59. The summed E-state index contributed by atoms with van der Waals surface area (Å²) >= 11 is 3.45. The van der Waals surface area contributed by atoms with Crippen LogP contribution >= 0.6 is 15.9 Å². The van der Waals surface area contributed by atoms with E-state index in [0.29, 0.717) is 11.7 Å². The molecule has 110 valence electrons. The number of aromatic nitrogens is 1. The molecule has 2 heterocycles.